The van der Waals surface area contributed by atoms with Crippen LogP contribution in [-0.4, -0.2) is 20.3 Å². The molecular weight excluding hydrogens is 340 g/mol. The number of hydrogen-bond donors (Lipinski definition) is 2. The second kappa shape index (κ2) is 8.45. The summed E-state index contributed by atoms with van der Waals surface area (Å²) in [6.45, 7) is 2.38. The Hall–Kier alpha value is -3.21. The van der Waals surface area contributed by atoms with E-state index in [1.54, 1.807) is 14.2 Å². The topological polar surface area (TPSA) is 59.6 Å². The van der Waals surface area contributed by atoms with Gasteiger partial charge in [-0.25, -0.2) is 4.79 Å². The molecule has 0 bridgehead atoms. The van der Waals surface area contributed by atoms with E-state index in [0.29, 0.717) is 6.54 Å². The highest BCUT2D eigenvalue weighted by molar-refractivity contribution is 5.84. The summed E-state index contributed by atoms with van der Waals surface area (Å²) in [5.74, 6) is 1.59. The Balaban J connectivity index is 1.61. The van der Waals surface area contributed by atoms with Gasteiger partial charge in [-0.3, -0.25) is 0 Å². The Morgan fingerprint density at radius 2 is 1.70 bits per heavy atom. The third-order valence-electron chi connectivity index (χ3n) is 4.52. The van der Waals surface area contributed by atoms with Gasteiger partial charge in [-0.1, -0.05) is 36.4 Å². The minimum absolute atomic E-state index is 0.162. The van der Waals surface area contributed by atoms with Crippen LogP contribution in [0.5, 0.6) is 11.5 Å². The summed E-state index contributed by atoms with van der Waals surface area (Å²) in [5, 5.41) is 8.07. The quantitative estimate of drug-likeness (QED) is 0.681. The van der Waals surface area contributed by atoms with Crippen LogP contribution >= 0.6 is 0 Å². The Morgan fingerprint density at radius 3 is 2.48 bits per heavy atom. The summed E-state index contributed by atoms with van der Waals surface area (Å²) in [4.78, 5) is 12.3. The number of fused-ring (bicyclic) bond motifs is 1. The van der Waals surface area contributed by atoms with Gasteiger partial charge in [0.2, 0.25) is 0 Å². The van der Waals surface area contributed by atoms with E-state index < -0.39 is 0 Å². The number of amides is 2. The summed E-state index contributed by atoms with van der Waals surface area (Å²) in [7, 11) is 3.28. The fourth-order valence-corrected chi connectivity index (χ4v) is 3.04. The van der Waals surface area contributed by atoms with Gasteiger partial charge in [-0.15, -0.1) is 0 Å². The van der Waals surface area contributed by atoms with Crippen LogP contribution < -0.4 is 20.1 Å². The van der Waals surface area contributed by atoms with E-state index >= 15 is 0 Å². The molecule has 3 aromatic rings. The van der Waals surface area contributed by atoms with Crippen LogP contribution in [0.3, 0.4) is 0 Å². The number of rotatable bonds is 6. The zero-order chi connectivity index (χ0) is 19.2. The number of carbonyl (C=O) groups is 1. The van der Waals surface area contributed by atoms with Crippen molar-refractivity contribution in [1.29, 1.82) is 0 Å². The highest BCUT2D eigenvalue weighted by atomic mass is 16.5. The molecule has 0 aliphatic rings. The molecule has 0 aliphatic heterocycles. The zero-order valence-corrected chi connectivity index (χ0v) is 15.8. The second-order valence-electron chi connectivity index (χ2n) is 6.34. The molecular formula is C22H24N2O3. The van der Waals surface area contributed by atoms with Crippen LogP contribution in [0.2, 0.25) is 0 Å². The molecule has 27 heavy (non-hydrogen) atoms. The van der Waals surface area contributed by atoms with Crippen LogP contribution in [-0.2, 0) is 6.54 Å². The molecule has 3 rings (SSSR count). The normalized spacial score (nSPS) is 11.7. The van der Waals surface area contributed by atoms with Crippen LogP contribution in [0.25, 0.3) is 10.8 Å². The SMILES string of the molecule is COc1ccc2cc(CNC(=O)N[C@@H](C)c3ccccc3OC)ccc2c1. The lowest BCUT2D eigenvalue weighted by Gasteiger charge is -2.17. The van der Waals surface area contributed by atoms with Crippen molar-refractivity contribution in [3.8, 4) is 11.5 Å². The van der Waals surface area contributed by atoms with E-state index in [1.807, 2.05) is 61.5 Å². The van der Waals surface area contributed by atoms with Crippen molar-refractivity contribution in [1.82, 2.24) is 10.6 Å². The van der Waals surface area contributed by atoms with E-state index in [0.717, 1.165) is 33.4 Å². The van der Waals surface area contributed by atoms with Crippen LogP contribution in [0, 0.1) is 0 Å². The molecule has 5 heteroatoms. The maximum absolute atomic E-state index is 12.3. The average molecular weight is 364 g/mol. The highest BCUT2D eigenvalue weighted by Gasteiger charge is 2.13. The van der Waals surface area contributed by atoms with E-state index in [9.17, 15) is 4.79 Å². The lowest BCUT2D eigenvalue weighted by Crippen LogP contribution is -2.36. The molecule has 2 amide bonds. The third kappa shape index (κ3) is 4.50. The van der Waals surface area contributed by atoms with Crippen LogP contribution in [0.1, 0.15) is 24.1 Å². The first-order chi connectivity index (χ1) is 13.1. The third-order valence-corrected chi connectivity index (χ3v) is 4.52. The molecule has 0 spiro atoms. The number of carbonyl (C=O) groups excluding carboxylic acids is 1. The number of methoxy groups -OCH3 is 2. The molecule has 0 unspecified atom stereocenters. The summed E-state index contributed by atoms with van der Waals surface area (Å²) in [5.41, 5.74) is 1.97. The van der Waals surface area contributed by atoms with Crippen molar-refractivity contribution in [3.63, 3.8) is 0 Å². The first-order valence-corrected chi connectivity index (χ1v) is 8.84. The first-order valence-electron chi connectivity index (χ1n) is 8.84. The van der Waals surface area contributed by atoms with Crippen LogP contribution in [0.15, 0.2) is 60.7 Å². The van der Waals surface area contributed by atoms with Crippen molar-refractivity contribution < 1.29 is 14.3 Å². The Labute approximate surface area is 159 Å². The van der Waals surface area contributed by atoms with Gasteiger partial charge in [-0.2, -0.15) is 0 Å². The predicted octanol–water partition coefficient (Wildman–Crippen LogP) is 4.42. The predicted molar refractivity (Wildman–Crippen MR) is 107 cm³/mol. The molecule has 0 saturated carbocycles. The molecule has 3 aromatic carbocycles. The van der Waals surface area contributed by atoms with Gasteiger partial charge >= 0.3 is 6.03 Å². The fourth-order valence-electron chi connectivity index (χ4n) is 3.04. The standard InChI is InChI=1S/C22H24N2O3/c1-15(20-6-4-5-7-21(20)27-3)24-22(25)23-14-16-8-9-18-13-19(26-2)11-10-17(18)12-16/h4-13,15H,14H2,1-3H3,(H2,23,24,25)/t15-/m0/s1. The van der Waals surface area contributed by atoms with E-state index in [1.165, 1.54) is 0 Å². The van der Waals surface area contributed by atoms with Crippen molar-refractivity contribution in [2.24, 2.45) is 0 Å². The van der Waals surface area contributed by atoms with Crippen molar-refractivity contribution in [2.45, 2.75) is 19.5 Å². The van der Waals surface area contributed by atoms with E-state index in [-0.39, 0.29) is 12.1 Å². The maximum atomic E-state index is 12.3. The number of benzene rings is 3. The van der Waals surface area contributed by atoms with Gasteiger partial charge in [0, 0.05) is 12.1 Å². The van der Waals surface area contributed by atoms with Gasteiger partial charge in [0.1, 0.15) is 11.5 Å². The zero-order valence-electron chi connectivity index (χ0n) is 15.8. The minimum atomic E-state index is -0.219. The summed E-state index contributed by atoms with van der Waals surface area (Å²) in [6, 6.07) is 19.3. The molecule has 0 aliphatic carbocycles. The highest BCUT2D eigenvalue weighted by Crippen LogP contribution is 2.24. The summed E-state index contributed by atoms with van der Waals surface area (Å²) in [6.07, 6.45) is 0. The second-order valence-corrected chi connectivity index (χ2v) is 6.34. The van der Waals surface area contributed by atoms with Gasteiger partial charge in [0.15, 0.2) is 0 Å². The van der Waals surface area contributed by atoms with E-state index in [2.05, 4.69) is 16.7 Å². The molecule has 5 nitrogen and oxygen atoms in total. The smallest absolute Gasteiger partial charge is 0.315 e. The number of nitrogens with one attached hydrogen (secondary N) is 2. The number of hydrogen-bond acceptors (Lipinski definition) is 3. The minimum Gasteiger partial charge on any atom is -0.497 e. The van der Waals surface area contributed by atoms with Gasteiger partial charge in [0.05, 0.1) is 20.3 Å². The Kier molecular flexibility index (Phi) is 5.81. The Morgan fingerprint density at radius 1 is 0.963 bits per heavy atom. The fraction of sp³-hybridized carbons (Fsp3) is 0.227. The lowest BCUT2D eigenvalue weighted by molar-refractivity contribution is 0.237. The summed E-state index contributed by atoms with van der Waals surface area (Å²) >= 11 is 0. The van der Waals surface area contributed by atoms with Crippen molar-refractivity contribution in [3.05, 3.63) is 71.8 Å². The summed E-state index contributed by atoms with van der Waals surface area (Å²) < 4.78 is 10.6. The van der Waals surface area contributed by atoms with Crippen LogP contribution in [0.4, 0.5) is 4.79 Å². The molecule has 1 atom stereocenters. The average Bonchev–Trinajstić information content (AvgIpc) is 2.71. The molecule has 0 heterocycles. The molecule has 2 N–H and O–H groups in total. The molecule has 140 valence electrons. The number of para-hydroxylation sites is 1. The van der Waals surface area contributed by atoms with Gasteiger partial charge in [0.25, 0.3) is 0 Å². The van der Waals surface area contributed by atoms with Crippen molar-refractivity contribution in [2.75, 3.05) is 14.2 Å². The van der Waals surface area contributed by atoms with Crippen molar-refractivity contribution >= 4 is 16.8 Å². The maximum Gasteiger partial charge on any atom is 0.315 e. The lowest BCUT2D eigenvalue weighted by atomic mass is 10.1. The molecule has 0 saturated heterocycles. The number of ether oxygens (including phenoxy) is 2. The molecule has 0 fully saturated rings. The number of urea groups is 1. The Bertz CT molecular complexity index is 940. The van der Waals surface area contributed by atoms with Gasteiger partial charge < -0.3 is 20.1 Å². The monoisotopic (exact) mass is 364 g/mol. The van der Waals surface area contributed by atoms with E-state index in [4.69, 9.17) is 9.47 Å². The molecule has 0 aromatic heterocycles. The first kappa shape index (κ1) is 18.6. The molecule has 0 radical (unpaired) electrons. The largest absolute Gasteiger partial charge is 0.497 e. The van der Waals surface area contributed by atoms with Gasteiger partial charge in [-0.05, 0) is 47.5 Å².